The van der Waals surface area contributed by atoms with Crippen LogP contribution in [0.5, 0.6) is 11.5 Å². The maximum atomic E-state index is 12.5. The van der Waals surface area contributed by atoms with E-state index in [1.54, 1.807) is 25.5 Å². The molecule has 0 fully saturated rings. The first kappa shape index (κ1) is 18.6. The van der Waals surface area contributed by atoms with E-state index in [4.69, 9.17) is 13.9 Å². The zero-order chi connectivity index (χ0) is 19.4. The number of ether oxygens (including phenoxy) is 2. The molecule has 0 saturated carbocycles. The quantitative estimate of drug-likeness (QED) is 0.611. The molecule has 0 aliphatic rings. The maximum Gasteiger partial charge on any atom is 0.248 e. The van der Waals surface area contributed by atoms with E-state index in [-0.39, 0.29) is 5.91 Å². The smallest absolute Gasteiger partial charge is 0.248 e. The van der Waals surface area contributed by atoms with E-state index in [0.29, 0.717) is 23.8 Å². The fourth-order valence-corrected chi connectivity index (χ4v) is 2.92. The van der Waals surface area contributed by atoms with Crippen molar-refractivity contribution < 1.29 is 18.7 Å². The molecule has 0 bridgehead atoms. The Morgan fingerprint density at radius 2 is 2.07 bits per heavy atom. The van der Waals surface area contributed by atoms with Crippen LogP contribution >= 0.6 is 0 Å². The van der Waals surface area contributed by atoms with Crippen LogP contribution in [0.4, 0.5) is 5.69 Å². The van der Waals surface area contributed by atoms with Gasteiger partial charge in [0, 0.05) is 34.8 Å². The number of methoxy groups -OCH3 is 1. The fourth-order valence-electron chi connectivity index (χ4n) is 2.92. The van der Waals surface area contributed by atoms with Crippen LogP contribution in [0, 0.1) is 6.92 Å². The Balaban J connectivity index is 1.90. The molecule has 0 saturated heterocycles. The number of hydrogen-bond acceptors (Lipinski definition) is 4. The fraction of sp³-hybridized carbons (Fsp3) is 0.227. The number of hydrogen-bond donors (Lipinski definition) is 1. The van der Waals surface area contributed by atoms with Crippen molar-refractivity contribution in [1.82, 2.24) is 0 Å². The Labute approximate surface area is 158 Å². The Hall–Kier alpha value is -3.21. The molecule has 0 atom stereocenters. The molecule has 0 aliphatic carbocycles. The lowest BCUT2D eigenvalue weighted by molar-refractivity contribution is -0.111. The first-order valence-electron chi connectivity index (χ1n) is 8.80. The third-order valence-corrected chi connectivity index (χ3v) is 4.28. The normalized spacial score (nSPS) is 11.5. The summed E-state index contributed by atoms with van der Waals surface area (Å²) >= 11 is 0. The van der Waals surface area contributed by atoms with Gasteiger partial charge in [-0.3, -0.25) is 4.79 Å². The lowest BCUT2D eigenvalue weighted by Gasteiger charge is -2.11. The molecular formula is C22H23NO4. The van der Waals surface area contributed by atoms with Gasteiger partial charge < -0.3 is 19.2 Å². The SMILES string of the molecule is CCOc1cc2occ(C)c2cc1/C(C)=C/C(=O)Nc1cccc(OC)c1. The molecule has 1 amide bonds. The van der Waals surface area contributed by atoms with Gasteiger partial charge in [-0.05, 0) is 50.1 Å². The molecule has 0 spiro atoms. The van der Waals surface area contributed by atoms with Gasteiger partial charge in [-0.15, -0.1) is 0 Å². The van der Waals surface area contributed by atoms with Crippen molar-refractivity contribution in [3.8, 4) is 11.5 Å². The van der Waals surface area contributed by atoms with E-state index in [1.807, 2.05) is 51.1 Å². The van der Waals surface area contributed by atoms with Crippen LogP contribution in [0.3, 0.4) is 0 Å². The summed E-state index contributed by atoms with van der Waals surface area (Å²) in [6.07, 6.45) is 3.29. The molecule has 0 radical (unpaired) electrons. The molecule has 0 aliphatic heterocycles. The number of aryl methyl sites for hydroxylation is 1. The number of benzene rings is 2. The molecule has 1 aromatic heterocycles. The second-order valence-electron chi connectivity index (χ2n) is 6.24. The highest BCUT2D eigenvalue weighted by atomic mass is 16.5. The Morgan fingerprint density at radius 3 is 2.81 bits per heavy atom. The van der Waals surface area contributed by atoms with E-state index in [0.717, 1.165) is 27.7 Å². The molecule has 140 valence electrons. The van der Waals surface area contributed by atoms with Crippen LogP contribution in [0.2, 0.25) is 0 Å². The van der Waals surface area contributed by atoms with Crippen LogP contribution in [-0.4, -0.2) is 19.6 Å². The number of amides is 1. The Morgan fingerprint density at radius 1 is 1.26 bits per heavy atom. The molecule has 1 N–H and O–H groups in total. The second kappa shape index (κ2) is 7.99. The first-order chi connectivity index (χ1) is 13.0. The molecule has 2 aromatic carbocycles. The number of furan rings is 1. The van der Waals surface area contributed by atoms with Gasteiger partial charge in [0.05, 0.1) is 20.0 Å². The van der Waals surface area contributed by atoms with Gasteiger partial charge in [0.25, 0.3) is 0 Å². The standard InChI is InChI=1S/C22H23NO4/c1-5-26-20-12-21-19(15(3)13-27-21)11-18(20)14(2)9-22(24)23-16-7-6-8-17(10-16)25-4/h6-13H,5H2,1-4H3,(H,23,24)/b14-9+. The van der Waals surface area contributed by atoms with Crippen molar-refractivity contribution in [2.24, 2.45) is 0 Å². The molecule has 5 nitrogen and oxygen atoms in total. The van der Waals surface area contributed by atoms with Crippen molar-refractivity contribution in [3.05, 3.63) is 59.9 Å². The zero-order valence-corrected chi connectivity index (χ0v) is 16.0. The van der Waals surface area contributed by atoms with Crippen LogP contribution in [0.25, 0.3) is 16.5 Å². The molecular weight excluding hydrogens is 342 g/mol. The average Bonchev–Trinajstić information content (AvgIpc) is 3.01. The van der Waals surface area contributed by atoms with Crippen molar-refractivity contribution in [1.29, 1.82) is 0 Å². The van der Waals surface area contributed by atoms with Crippen molar-refractivity contribution in [2.75, 3.05) is 19.0 Å². The monoisotopic (exact) mass is 365 g/mol. The number of allylic oxidation sites excluding steroid dienone is 1. The number of fused-ring (bicyclic) bond motifs is 1. The minimum absolute atomic E-state index is 0.216. The van der Waals surface area contributed by atoms with E-state index in [9.17, 15) is 4.79 Å². The zero-order valence-electron chi connectivity index (χ0n) is 16.0. The average molecular weight is 365 g/mol. The topological polar surface area (TPSA) is 60.7 Å². The van der Waals surface area contributed by atoms with E-state index < -0.39 is 0 Å². The predicted octanol–water partition coefficient (Wildman–Crippen LogP) is 5.19. The third kappa shape index (κ3) is 4.14. The predicted molar refractivity (Wildman–Crippen MR) is 107 cm³/mol. The maximum absolute atomic E-state index is 12.5. The summed E-state index contributed by atoms with van der Waals surface area (Å²) in [5.74, 6) is 1.17. The summed E-state index contributed by atoms with van der Waals surface area (Å²) in [5.41, 5.74) is 4.17. The van der Waals surface area contributed by atoms with E-state index in [1.165, 1.54) is 0 Å². The van der Waals surface area contributed by atoms with Crippen LogP contribution in [0.15, 0.2) is 53.2 Å². The Bertz CT molecular complexity index is 1000. The lowest BCUT2D eigenvalue weighted by Crippen LogP contribution is -2.08. The summed E-state index contributed by atoms with van der Waals surface area (Å²) in [7, 11) is 1.59. The minimum Gasteiger partial charge on any atom is -0.497 e. The lowest BCUT2D eigenvalue weighted by atomic mass is 10.0. The Kier molecular flexibility index (Phi) is 5.50. The number of rotatable bonds is 6. The van der Waals surface area contributed by atoms with Crippen LogP contribution < -0.4 is 14.8 Å². The molecule has 3 aromatic rings. The highest BCUT2D eigenvalue weighted by molar-refractivity contribution is 6.04. The third-order valence-electron chi connectivity index (χ3n) is 4.28. The molecule has 27 heavy (non-hydrogen) atoms. The van der Waals surface area contributed by atoms with Crippen LogP contribution in [-0.2, 0) is 4.79 Å². The number of anilines is 1. The van der Waals surface area contributed by atoms with Gasteiger partial charge in [-0.1, -0.05) is 6.07 Å². The highest BCUT2D eigenvalue weighted by Gasteiger charge is 2.13. The van der Waals surface area contributed by atoms with Gasteiger partial charge in [-0.2, -0.15) is 0 Å². The van der Waals surface area contributed by atoms with E-state index in [2.05, 4.69) is 5.32 Å². The van der Waals surface area contributed by atoms with Crippen molar-refractivity contribution in [2.45, 2.75) is 20.8 Å². The van der Waals surface area contributed by atoms with Gasteiger partial charge in [0.15, 0.2) is 0 Å². The molecule has 0 unspecified atom stereocenters. The summed E-state index contributed by atoms with van der Waals surface area (Å²) in [6, 6.07) is 11.1. The molecule has 5 heteroatoms. The van der Waals surface area contributed by atoms with Gasteiger partial charge in [0.2, 0.25) is 5.91 Å². The summed E-state index contributed by atoms with van der Waals surface area (Å²) in [5, 5.41) is 3.87. The van der Waals surface area contributed by atoms with Gasteiger partial charge in [-0.25, -0.2) is 0 Å². The number of carbonyl (C=O) groups excluding carboxylic acids is 1. The number of carbonyl (C=O) groups is 1. The van der Waals surface area contributed by atoms with E-state index >= 15 is 0 Å². The molecule has 1 heterocycles. The second-order valence-corrected chi connectivity index (χ2v) is 6.24. The number of nitrogens with one attached hydrogen (secondary N) is 1. The summed E-state index contributed by atoms with van der Waals surface area (Å²) < 4.78 is 16.5. The largest absolute Gasteiger partial charge is 0.497 e. The first-order valence-corrected chi connectivity index (χ1v) is 8.80. The van der Waals surface area contributed by atoms with Crippen molar-refractivity contribution >= 4 is 28.1 Å². The van der Waals surface area contributed by atoms with Crippen LogP contribution in [0.1, 0.15) is 25.0 Å². The highest BCUT2D eigenvalue weighted by Crippen LogP contribution is 2.33. The molecule has 3 rings (SSSR count). The van der Waals surface area contributed by atoms with Crippen molar-refractivity contribution in [3.63, 3.8) is 0 Å². The van der Waals surface area contributed by atoms with Gasteiger partial charge in [0.1, 0.15) is 17.1 Å². The summed E-state index contributed by atoms with van der Waals surface area (Å²) in [4.78, 5) is 12.5. The minimum atomic E-state index is -0.216. The summed E-state index contributed by atoms with van der Waals surface area (Å²) in [6.45, 7) is 6.34. The van der Waals surface area contributed by atoms with Gasteiger partial charge >= 0.3 is 0 Å².